The Morgan fingerprint density at radius 3 is 2.63 bits per heavy atom. The summed E-state index contributed by atoms with van der Waals surface area (Å²) < 4.78 is 0. The van der Waals surface area contributed by atoms with Crippen molar-refractivity contribution in [1.29, 1.82) is 5.26 Å². The number of urea groups is 1. The number of carboxylic acid groups (broad SMARTS) is 1. The zero-order valence-electron chi connectivity index (χ0n) is 10.8. The first-order valence-corrected chi connectivity index (χ1v) is 6.40. The van der Waals surface area contributed by atoms with Crippen LogP contribution in [0.4, 0.5) is 9.59 Å². The molecule has 1 fully saturated rings. The Labute approximate surface area is 112 Å². The van der Waals surface area contributed by atoms with Gasteiger partial charge in [-0.1, -0.05) is 12.8 Å². The Morgan fingerprint density at radius 2 is 2.05 bits per heavy atom. The summed E-state index contributed by atoms with van der Waals surface area (Å²) in [4.78, 5) is 24.8. The van der Waals surface area contributed by atoms with E-state index >= 15 is 0 Å². The molecule has 0 bridgehead atoms. The van der Waals surface area contributed by atoms with Crippen LogP contribution in [0.1, 0.15) is 32.1 Å². The highest BCUT2D eigenvalue weighted by Gasteiger charge is 2.39. The number of carbonyl (C=O) groups excluding carboxylic acids is 1. The smallest absolute Gasteiger partial charge is 0.415 e. The predicted octanol–water partition coefficient (Wildman–Crippen LogP) is 1.24. The zero-order valence-corrected chi connectivity index (χ0v) is 10.8. The maximum absolute atomic E-state index is 11.8. The number of hydrogen-bond donors (Lipinski definition) is 2. The highest BCUT2D eigenvalue weighted by Crippen LogP contribution is 2.17. The first-order chi connectivity index (χ1) is 9.11. The monoisotopic (exact) mass is 269 g/mol. The molecule has 0 unspecified atom stereocenters. The van der Waals surface area contributed by atoms with Crippen LogP contribution >= 0.6 is 0 Å². The number of nitrogens with zero attached hydrogens (tertiary/aromatic N) is 3. The van der Waals surface area contributed by atoms with Crippen molar-refractivity contribution >= 4 is 12.1 Å². The molecule has 1 aliphatic rings. The lowest BCUT2D eigenvalue weighted by molar-refractivity contribution is 0.151. The molecular weight excluding hydrogens is 250 g/mol. The zero-order chi connectivity index (χ0) is 14.3. The van der Waals surface area contributed by atoms with Crippen LogP contribution in [0.25, 0.3) is 0 Å². The van der Waals surface area contributed by atoms with Crippen molar-refractivity contribution in [3.05, 3.63) is 0 Å². The number of nitriles is 1. The Hall–Kier alpha value is -1.81. The lowest BCUT2D eigenvalue weighted by atomic mass is 10.1. The summed E-state index contributed by atoms with van der Waals surface area (Å²) in [6.07, 6.45) is 2.66. The molecule has 1 rings (SSSR count). The van der Waals surface area contributed by atoms with Crippen LogP contribution in [0.15, 0.2) is 0 Å². The number of amides is 3. The van der Waals surface area contributed by atoms with Gasteiger partial charge in [-0.25, -0.2) is 14.5 Å². The van der Waals surface area contributed by atoms with E-state index in [4.69, 9.17) is 10.4 Å². The third kappa shape index (κ3) is 4.10. The van der Waals surface area contributed by atoms with E-state index in [2.05, 4.69) is 6.07 Å². The van der Waals surface area contributed by atoms with Gasteiger partial charge in [-0.05, 0) is 12.8 Å². The van der Waals surface area contributed by atoms with Crippen LogP contribution in [-0.2, 0) is 0 Å². The average molecular weight is 269 g/mol. The van der Waals surface area contributed by atoms with Crippen LogP contribution in [0.3, 0.4) is 0 Å². The minimum Gasteiger partial charge on any atom is -0.465 e. The molecule has 0 aliphatic carbocycles. The lowest BCUT2D eigenvalue weighted by Crippen LogP contribution is -2.38. The maximum Gasteiger partial charge on any atom is 0.415 e. The molecule has 1 aliphatic heterocycles. The van der Waals surface area contributed by atoms with Gasteiger partial charge in [0.2, 0.25) is 0 Å². The molecule has 0 aromatic carbocycles. The predicted molar refractivity (Wildman–Crippen MR) is 66.4 cm³/mol. The number of rotatable bonds is 7. The Balaban J connectivity index is 2.37. The highest BCUT2D eigenvalue weighted by atomic mass is 16.4. The molecule has 1 heterocycles. The summed E-state index contributed by atoms with van der Waals surface area (Å²) in [6.45, 7) is 0.240. The topological polar surface area (TPSA) is 105 Å². The largest absolute Gasteiger partial charge is 0.465 e. The van der Waals surface area contributed by atoms with Crippen LogP contribution in [0.2, 0.25) is 0 Å². The quantitative estimate of drug-likeness (QED) is 0.676. The van der Waals surface area contributed by atoms with Crippen molar-refractivity contribution in [1.82, 2.24) is 9.80 Å². The second kappa shape index (κ2) is 7.59. The van der Waals surface area contributed by atoms with Gasteiger partial charge in [0.15, 0.2) is 0 Å². The van der Waals surface area contributed by atoms with E-state index in [1.165, 1.54) is 4.90 Å². The minimum atomic E-state index is -1.28. The molecule has 0 spiro atoms. The van der Waals surface area contributed by atoms with Gasteiger partial charge in [0.25, 0.3) is 0 Å². The molecule has 0 aromatic rings. The minimum absolute atomic E-state index is 0.0269. The van der Waals surface area contributed by atoms with E-state index in [1.807, 2.05) is 0 Å². The number of aliphatic hydroxyl groups is 1. The molecule has 2 N–H and O–H groups in total. The summed E-state index contributed by atoms with van der Waals surface area (Å²) >= 11 is 0. The van der Waals surface area contributed by atoms with Gasteiger partial charge in [0.05, 0.1) is 25.3 Å². The molecule has 1 atom stereocenters. The average Bonchev–Trinajstić information content (AvgIpc) is 2.71. The lowest BCUT2D eigenvalue weighted by Gasteiger charge is -2.21. The number of imide groups is 1. The fourth-order valence-corrected chi connectivity index (χ4v) is 2.13. The Morgan fingerprint density at radius 1 is 1.37 bits per heavy atom. The normalized spacial score (nSPS) is 18.7. The van der Waals surface area contributed by atoms with Crippen LogP contribution < -0.4 is 0 Å². The standard InChI is InChI=1S/C12H19N3O4/c13-6-4-2-1-3-5-7-14-10(9-16)8-15(11(14)17)12(18)19/h10,16H,1-5,7-9H2,(H,18,19)/t10-/m1/s1. The van der Waals surface area contributed by atoms with Gasteiger partial charge in [-0.15, -0.1) is 0 Å². The van der Waals surface area contributed by atoms with Crippen molar-refractivity contribution in [2.24, 2.45) is 0 Å². The third-order valence-corrected chi connectivity index (χ3v) is 3.19. The van der Waals surface area contributed by atoms with Gasteiger partial charge >= 0.3 is 12.1 Å². The first-order valence-electron chi connectivity index (χ1n) is 6.40. The molecule has 0 aromatic heterocycles. The summed E-state index contributed by atoms with van der Waals surface area (Å²) in [5.41, 5.74) is 0. The molecule has 1 saturated heterocycles. The van der Waals surface area contributed by atoms with E-state index in [1.54, 1.807) is 0 Å². The number of aliphatic hydroxyl groups excluding tert-OH is 1. The molecule has 106 valence electrons. The van der Waals surface area contributed by atoms with E-state index in [0.717, 1.165) is 30.6 Å². The maximum atomic E-state index is 11.8. The molecule has 3 amide bonds. The molecular formula is C12H19N3O4. The van der Waals surface area contributed by atoms with Gasteiger partial charge < -0.3 is 15.1 Å². The Bertz CT molecular complexity index is 366. The number of hydrogen-bond acceptors (Lipinski definition) is 4. The van der Waals surface area contributed by atoms with E-state index < -0.39 is 18.2 Å². The fraction of sp³-hybridized carbons (Fsp3) is 0.750. The van der Waals surface area contributed by atoms with Crippen molar-refractivity contribution in [2.75, 3.05) is 19.7 Å². The molecule has 0 saturated carbocycles. The molecule has 19 heavy (non-hydrogen) atoms. The fourth-order valence-electron chi connectivity index (χ4n) is 2.13. The van der Waals surface area contributed by atoms with E-state index in [-0.39, 0.29) is 13.2 Å². The molecule has 7 heteroatoms. The summed E-state index contributed by atoms with van der Waals surface area (Å²) in [5, 5.41) is 26.4. The van der Waals surface area contributed by atoms with E-state index in [0.29, 0.717) is 13.0 Å². The van der Waals surface area contributed by atoms with Crippen molar-refractivity contribution in [3.63, 3.8) is 0 Å². The first kappa shape index (κ1) is 15.2. The number of unbranched alkanes of at least 4 members (excludes halogenated alkanes) is 4. The van der Waals surface area contributed by atoms with Crippen molar-refractivity contribution in [2.45, 2.75) is 38.1 Å². The second-order valence-corrected chi connectivity index (χ2v) is 4.53. The van der Waals surface area contributed by atoms with Crippen LogP contribution in [0.5, 0.6) is 0 Å². The highest BCUT2D eigenvalue weighted by molar-refractivity contribution is 5.92. The van der Waals surface area contributed by atoms with Crippen LogP contribution in [0, 0.1) is 11.3 Å². The SMILES string of the molecule is N#CCCCCCCN1C(=O)N(C(=O)O)C[C@@H]1CO. The van der Waals surface area contributed by atoms with Crippen LogP contribution in [-0.4, -0.2) is 57.9 Å². The summed E-state index contributed by atoms with van der Waals surface area (Å²) in [5.74, 6) is 0. The summed E-state index contributed by atoms with van der Waals surface area (Å²) in [7, 11) is 0. The molecule has 7 nitrogen and oxygen atoms in total. The van der Waals surface area contributed by atoms with Crippen molar-refractivity contribution < 1.29 is 19.8 Å². The van der Waals surface area contributed by atoms with Gasteiger partial charge in [-0.2, -0.15) is 5.26 Å². The van der Waals surface area contributed by atoms with Gasteiger partial charge in [-0.3, -0.25) is 0 Å². The molecule has 0 radical (unpaired) electrons. The van der Waals surface area contributed by atoms with Gasteiger partial charge in [0, 0.05) is 13.0 Å². The van der Waals surface area contributed by atoms with E-state index in [9.17, 15) is 14.7 Å². The Kier molecular flexibility index (Phi) is 6.09. The summed E-state index contributed by atoms with van der Waals surface area (Å²) in [6, 6.07) is 1.08. The number of carbonyl (C=O) groups is 2. The van der Waals surface area contributed by atoms with Crippen molar-refractivity contribution in [3.8, 4) is 6.07 Å². The van der Waals surface area contributed by atoms with Gasteiger partial charge in [0.1, 0.15) is 0 Å². The second-order valence-electron chi connectivity index (χ2n) is 4.53. The third-order valence-electron chi connectivity index (χ3n) is 3.19.